The summed E-state index contributed by atoms with van der Waals surface area (Å²) in [6, 6.07) is 4.67. The van der Waals surface area contributed by atoms with Gasteiger partial charge in [-0.3, -0.25) is 9.59 Å². The van der Waals surface area contributed by atoms with Crippen molar-refractivity contribution in [1.29, 1.82) is 0 Å². The zero-order valence-electron chi connectivity index (χ0n) is 8.37. The van der Waals surface area contributed by atoms with Gasteiger partial charge in [-0.15, -0.1) is 0 Å². The largest absolute Gasteiger partial charge is 0.465 e. The summed E-state index contributed by atoms with van der Waals surface area (Å²) < 4.78 is 4.56. The molecule has 16 heavy (non-hydrogen) atoms. The number of aromatic amines is 2. The SMILES string of the molecule is COC(=O)c1cccc2[nH]c(=O)c(=O)[nH]c12. The summed E-state index contributed by atoms with van der Waals surface area (Å²) >= 11 is 0. The Bertz CT molecular complexity index is 668. The Hall–Kier alpha value is -2.37. The highest BCUT2D eigenvalue weighted by Gasteiger charge is 2.11. The highest BCUT2D eigenvalue weighted by molar-refractivity contribution is 6.01. The summed E-state index contributed by atoms with van der Waals surface area (Å²) in [5.74, 6) is -0.576. The van der Waals surface area contributed by atoms with Gasteiger partial charge in [0.05, 0.1) is 23.7 Å². The van der Waals surface area contributed by atoms with Crippen LogP contribution in [-0.2, 0) is 4.74 Å². The number of ether oxygens (including phenoxy) is 1. The molecule has 2 rings (SSSR count). The molecule has 1 aromatic carbocycles. The minimum absolute atomic E-state index is 0.202. The van der Waals surface area contributed by atoms with Crippen LogP contribution in [0.2, 0.25) is 0 Å². The quantitative estimate of drug-likeness (QED) is 0.522. The van der Waals surface area contributed by atoms with E-state index in [2.05, 4.69) is 14.7 Å². The third-order valence-electron chi connectivity index (χ3n) is 2.16. The van der Waals surface area contributed by atoms with Gasteiger partial charge in [0.15, 0.2) is 0 Å². The van der Waals surface area contributed by atoms with E-state index in [0.29, 0.717) is 5.52 Å². The third kappa shape index (κ3) is 1.50. The van der Waals surface area contributed by atoms with Crippen molar-refractivity contribution in [3.05, 3.63) is 44.5 Å². The van der Waals surface area contributed by atoms with Crippen LogP contribution in [0.5, 0.6) is 0 Å². The van der Waals surface area contributed by atoms with Crippen molar-refractivity contribution < 1.29 is 9.53 Å². The van der Waals surface area contributed by atoms with E-state index in [-0.39, 0.29) is 11.1 Å². The van der Waals surface area contributed by atoms with Crippen molar-refractivity contribution in [3.8, 4) is 0 Å². The number of hydrogen-bond acceptors (Lipinski definition) is 4. The molecule has 0 aliphatic heterocycles. The summed E-state index contributed by atoms with van der Waals surface area (Å²) in [5.41, 5.74) is -0.710. The third-order valence-corrected chi connectivity index (χ3v) is 2.16. The van der Waals surface area contributed by atoms with Gasteiger partial charge in [0.25, 0.3) is 0 Å². The molecular formula is C10H8N2O4. The molecule has 0 atom stereocenters. The fourth-order valence-electron chi connectivity index (χ4n) is 1.42. The van der Waals surface area contributed by atoms with Gasteiger partial charge < -0.3 is 14.7 Å². The number of nitrogens with one attached hydrogen (secondary N) is 2. The number of carbonyl (C=O) groups is 1. The molecule has 1 aromatic heterocycles. The number of hydrogen-bond donors (Lipinski definition) is 2. The smallest absolute Gasteiger partial charge is 0.340 e. The molecule has 0 aliphatic rings. The number of para-hydroxylation sites is 1. The van der Waals surface area contributed by atoms with E-state index in [1.54, 1.807) is 12.1 Å². The van der Waals surface area contributed by atoms with Crippen LogP contribution in [0.25, 0.3) is 11.0 Å². The van der Waals surface area contributed by atoms with Crippen LogP contribution in [0.3, 0.4) is 0 Å². The first-order valence-corrected chi connectivity index (χ1v) is 4.47. The van der Waals surface area contributed by atoms with Gasteiger partial charge in [-0.05, 0) is 12.1 Å². The van der Waals surface area contributed by atoms with E-state index in [9.17, 15) is 14.4 Å². The predicted molar refractivity (Wildman–Crippen MR) is 56.5 cm³/mol. The number of benzene rings is 1. The molecule has 0 bridgehead atoms. The molecule has 2 N–H and O–H groups in total. The van der Waals surface area contributed by atoms with Crippen molar-refractivity contribution in [1.82, 2.24) is 9.97 Å². The Morgan fingerprint density at radius 1 is 1.19 bits per heavy atom. The van der Waals surface area contributed by atoms with Crippen molar-refractivity contribution in [3.63, 3.8) is 0 Å². The zero-order valence-corrected chi connectivity index (χ0v) is 8.37. The molecule has 0 radical (unpaired) electrons. The van der Waals surface area contributed by atoms with E-state index >= 15 is 0 Å². The number of carbonyl (C=O) groups excluding carboxylic acids is 1. The lowest BCUT2D eigenvalue weighted by molar-refractivity contribution is 0.0602. The minimum Gasteiger partial charge on any atom is -0.465 e. The Kier molecular flexibility index (Phi) is 2.32. The van der Waals surface area contributed by atoms with Gasteiger partial charge in [-0.2, -0.15) is 0 Å². The molecular weight excluding hydrogens is 212 g/mol. The Labute approximate surface area is 88.9 Å². The fraction of sp³-hybridized carbons (Fsp3) is 0.100. The lowest BCUT2D eigenvalue weighted by Gasteiger charge is -2.03. The van der Waals surface area contributed by atoms with Gasteiger partial charge in [0.1, 0.15) is 0 Å². The van der Waals surface area contributed by atoms with Crippen LogP contribution in [-0.4, -0.2) is 23.0 Å². The van der Waals surface area contributed by atoms with E-state index < -0.39 is 17.1 Å². The van der Waals surface area contributed by atoms with Crippen molar-refractivity contribution in [2.24, 2.45) is 0 Å². The number of fused-ring (bicyclic) bond motifs is 1. The van der Waals surface area contributed by atoms with Crippen LogP contribution in [0, 0.1) is 0 Å². The summed E-state index contributed by atoms with van der Waals surface area (Å²) in [7, 11) is 1.24. The number of rotatable bonds is 1. The summed E-state index contributed by atoms with van der Waals surface area (Å²) in [6.45, 7) is 0. The van der Waals surface area contributed by atoms with E-state index in [1.807, 2.05) is 0 Å². The first kappa shape index (κ1) is 10.2. The van der Waals surface area contributed by atoms with Crippen molar-refractivity contribution >= 4 is 17.0 Å². The highest BCUT2D eigenvalue weighted by Crippen LogP contribution is 2.12. The molecule has 0 unspecified atom stereocenters. The monoisotopic (exact) mass is 220 g/mol. The summed E-state index contributed by atoms with van der Waals surface area (Å²) in [4.78, 5) is 38.3. The second-order valence-corrected chi connectivity index (χ2v) is 3.13. The second-order valence-electron chi connectivity index (χ2n) is 3.13. The Morgan fingerprint density at radius 2 is 1.88 bits per heavy atom. The molecule has 0 fully saturated rings. The van der Waals surface area contributed by atoms with Gasteiger partial charge in [0, 0.05) is 0 Å². The van der Waals surface area contributed by atoms with E-state index in [0.717, 1.165) is 0 Å². The fourth-order valence-corrected chi connectivity index (χ4v) is 1.42. The molecule has 1 heterocycles. The molecule has 0 saturated carbocycles. The summed E-state index contributed by atoms with van der Waals surface area (Å²) in [5, 5.41) is 0. The van der Waals surface area contributed by atoms with Gasteiger partial charge >= 0.3 is 17.1 Å². The maximum Gasteiger partial charge on any atom is 0.340 e. The van der Waals surface area contributed by atoms with Gasteiger partial charge in [0.2, 0.25) is 0 Å². The minimum atomic E-state index is -0.802. The first-order valence-electron chi connectivity index (χ1n) is 4.47. The number of methoxy groups -OCH3 is 1. The van der Waals surface area contributed by atoms with Crippen molar-refractivity contribution in [2.45, 2.75) is 0 Å². The standard InChI is InChI=1S/C10H8N2O4/c1-16-10(15)5-3-2-4-6-7(5)12-9(14)8(13)11-6/h2-4H,1H3,(H,11,13)(H,12,14). The maximum absolute atomic E-state index is 11.4. The van der Waals surface area contributed by atoms with E-state index in [4.69, 9.17) is 0 Å². The molecule has 82 valence electrons. The topological polar surface area (TPSA) is 92.0 Å². The summed E-state index contributed by atoms with van der Waals surface area (Å²) in [6.07, 6.45) is 0. The van der Waals surface area contributed by atoms with E-state index in [1.165, 1.54) is 13.2 Å². The van der Waals surface area contributed by atoms with Crippen LogP contribution in [0.15, 0.2) is 27.8 Å². The Balaban J connectivity index is 2.87. The predicted octanol–water partition coefficient (Wildman–Crippen LogP) is 0.00300. The zero-order chi connectivity index (χ0) is 11.7. The van der Waals surface area contributed by atoms with Crippen LogP contribution in [0.4, 0.5) is 0 Å². The van der Waals surface area contributed by atoms with Crippen LogP contribution < -0.4 is 11.1 Å². The first-order chi connectivity index (χ1) is 7.63. The second kappa shape index (κ2) is 3.65. The lowest BCUT2D eigenvalue weighted by atomic mass is 10.2. The molecule has 0 spiro atoms. The molecule has 0 amide bonds. The molecule has 6 nitrogen and oxygen atoms in total. The molecule has 6 heteroatoms. The normalized spacial score (nSPS) is 10.3. The van der Waals surface area contributed by atoms with Gasteiger partial charge in [-0.1, -0.05) is 6.07 Å². The lowest BCUT2D eigenvalue weighted by Crippen LogP contribution is -2.29. The van der Waals surface area contributed by atoms with Crippen molar-refractivity contribution in [2.75, 3.05) is 7.11 Å². The maximum atomic E-state index is 11.4. The molecule has 0 saturated heterocycles. The Morgan fingerprint density at radius 3 is 2.56 bits per heavy atom. The molecule has 2 aromatic rings. The number of aromatic nitrogens is 2. The van der Waals surface area contributed by atoms with Gasteiger partial charge in [-0.25, -0.2) is 4.79 Å². The van der Waals surface area contributed by atoms with Crippen LogP contribution >= 0.6 is 0 Å². The number of esters is 1. The number of H-pyrrole nitrogens is 2. The average Bonchev–Trinajstić information content (AvgIpc) is 2.29. The van der Waals surface area contributed by atoms with Crippen LogP contribution in [0.1, 0.15) is 10.4 Å². The molecule has 0 aliphatic carbocycles. The average molecular weight is 220 g/mol. The highest BCUT2D eigenvalue weighted by atomic mass is 16.5.